The third-order valence-corrected chi connectivity index (χ3v) is 4.35. The summed E-state index contributed by atoms with van der Waals surface area (Å²) in [6, 6.07) is 0. The van der Waals surface area contributed by atoms with Crippen LogP contribution in [0, 0.1) is 5.41 Å². The van der Waals surface area contributed by atoms with Crippen molar-refractivity contribution >= 4 is 22.6 Å². The Morgan fingerprint density at radius 3 is 1.50 bits per heavy atom. The second-order valence-corrected chi connectivity index (χ2v) is 15.9. The minimum Gasteiger partial charge on any atom is -0.468 e. The highest BCUT2D eigenvalue weighted by Crippen LogP contribution is 2.23. The first kappa shape index (κ1) is 17.8. The Morgan fingerprint density at radius 2 is 1.28 bits per heavy atom. The highest BCUT2D eigenvalue weighted by Gasteiger charge is 2.38. The van der Waals surface area contributed by atoms with E-state index in [1.165, 1.54) is 7.11 Å². The molecule has 4 nitrogen and oxygen atoms in total. The highest BCUT2D eigenvalue weighted by molar-refractivity contribution is 6.70. The maximum absolute atomic E-state index is 11.9. The minimum absolute atomic E-state index is 0.265. The molecule has 0 aliphatic rings. The fourth-order valence-corrected chi connectivity index (χ4v) is 2.66. The lowest BCUT2D eigenvalue weighted by atomic mass is 9.93. The smallest absolute Gasteiger partial charge is 0.316 e. The van der Waals surface area contributed by atoms with Crippen LogP contribution in [-0.4, -0.2) is 42.9 Å². The third kappa shape index (κ3) is 7.30. The van der Waals surface area contributed by atoms with Crippen LogP contribution in [0.1, 0.15) is 6.92 Å². The normalized spacial score (nSPS) is 13.6. The number of hydrogen-bond donors (Lipinski definition) is 0. The average Bonchev–Trinajstić information content (AvgIpc) is 2.20. The largest absolute Gasteiger partial charge is 0.468 e. The maximum atomic E-state index is 11.9. The average molecular weight is 293 g/mol. The summed E-state index contributed by atoms with van der Waals surface area (Å²) in [7, 11) is -1.90. The van der Waals surface area contributed by atoms with Gasteiger partial charge < -0.3 is 13.6 Å². The van der Waals surface area contributed by atoms with Crippen molar-refractivity contribution in [2.45, 2.75) is 46.2 Å². The third-order valence-electron chi connectivity index (χ3n) is 2.33. The quantitative estimate of drug-likeness (QED) is 0.534. The van der Waals surface area contributed by atoms with E-state index in [-0.39, 0.29) is 5.97 Å². The van der Waals surface area contributed by atoms with Gasteiger partial charge in [-0.1, -0.05) is 0 Å². The van der Waals surface area contributed by atoms with E-state index >= 15 is 0 Å². The summed E-state index contributed by atoms with van der Waals surface area (Å²) < 4.78 is 16.6. The molecule has 0 fully saturated rings. The van der Waals surface area contributed by atoms with Gasteiger partial charge in [-0.25, -0.2) is 0 Å². The molecular weight excluding hydrogens is 264 g/mol. The van der Waals surface area contributed by atoms with Gasteiger partial charge in [0.2, 0.25) is 0 Å². The van der Waals surface area contributed by atoms with Gasteiger partial charge in [-0.2, -0.15) is 0 Å². The summed E-state index contributed by atoms with van der Waals surface area (Å²) in [6.07, 6.45) is 0. The molecule has 0 saturated carbocycles. The van der Waals surface area contributed by atoms with Crippen LogP contribution in [0.5, 0.6) is 0 Å². The number of rotatable bonds is 7. The van der Waals surface area contributed by atoms with Crippen molar-refractivity contribution in [1.82, 2.24) is 0 Å². The molecule has 0 aromatic heterocycles. The lowest BCUT2D eigenvalue weighted by Crippen LogP contribution is -2.44. The zero-order chi connectivity index (χ0) is 14.6. The first-order valence-corrected chi connectivity index (χ1v) is 13.1. The van der Waals surface area contributed by atoms with Crippen molar-refractivity contribution in [2.24, 2.45) is 5.41 Å². The molecule has 0 rings (SSSR count). The van der Waals surface area contributed by atoms with Crippen molar-refractivity contribution in [3.8, 4) is 0 Å². The van der Waals surface area contributed by atoms with Crippen LogP contribution in [0.15, 0.2) is 0 Å². The number of hydrogen-bond acceptors (Lipinski definition) is 4. The lowest BCUT2D eigenvalue weighted by molar-refractivity contribution is -0.155. The number of esters is 1. The standard InChI is InChI=1S/C12H28O4Si2/c1-12(11(13)14-2,9-15-17(3,4)5)10-16-18(6,7)8/h9-10H2,1-8H3. The van der Waals surface area contributed by atoms with E-state index in [9.17, 15) is 4.79 Å². The van der Waals surface area contributed by atoms with E-state index in [0.717, 1.165) is 0 Å². The van der Waals surface area contributed by atoms with Crippen molar-refractivity contribution in [3.05, 3.63) is 0 Å². The molecule has 108 valence electrons. The summed E-state index contributed by atoms with van der Waals surface area (Å²) in [6.45, 7) is 15.2. The van der Waals surface area contributed by atoms with Gasteiger partial charge in [0, 0.05) is 0 Å². The summed E-state index contributed by atoms with van der Waals surface area (Å²) in [5.41, 5.74) is -0.713. The molecule has 0 spiro atoms. The van der Waals surface area contributed by atoms with Crippen molar-refractivity contribution in [3.63, 3.8) is 0 Å². The van der Waals surface area contributed by atoms with Gasteiger partial charge in [0.25, 0.3) is 0 Å². The molecule has 0 bridgehead atoms. The van der Waals surface area contributed by atoms with Gasteiger partial charge in [0.1, 0.15) is 5.41 Å². The van der Waals surface area contributed by atoms with Crippen LogP contribution < -0.4 is 0 Å². The van der Waals surface area contributed by atoms with Crippen molar-refractivity contribution in [2.75, 3.05) is 20.3 Å². The Bertz CT molecular complexity index is 261. The molecular formula is C12H28O4Si2. The predicted molar refractivity (Wildman–Crippen MR) is 78.7 cm³/mol. The Hall–Kier alpha value is -0.176. The van der Waals surface area contributed by atoms with E-state index in [1.54, 1.807) is 0 Å². The van der Waals surface area contributed by atoms with E-state index in [2.05, 4.69) is 39.3 Å². The molecule has 0 aliphatic carbocycles. The summed E-state index contributed by atoms with van der Waals surface area (Å²) in [5, 5.41) is 0. The lowest BCUT2D eigenvalue weighted by Gasteiger charge is -2.32. The number of carbonyl (C=O) groups excluding carboxylic acids is 1. The molecule has 0 saturated heterocycles. The summed E-state index contributed by atoms with van der Waals surface area (Å²) in [5.74, 6) is -0.265. The second kappa shape index (κ2) is 6.32. The Labute approximate surface area is 113 Å². The highest BCUT2D eigenvalue weighted by atomic mass is 28.4. The topological polar surface area (TPSA) is 44.8 Å². The van der Waals surface area contributed by atoms with Crippen LogP contribution in [0.25, 0.3) is 0 Å². The predicted octanol–water partition coefficient (Wildman–Crippen LogP) is 2.87. The van der Waals surface area contributed by atoms with Crippen molar-refractivity contribution in [1.29, 1.82) is 0 Å². The Morgan fingerprint density at radius 1 is 0.944 bits per heavy atom. The van der Waals surface area contributed by atoms with E-state index in [0.29, 0.717) is 13.2 Å². The second-order valence-electron chi connectivity index (χ2n) is 6.85. The molecule has 0 heterocycles. The first-order chi connectivity index (χ1) is 7.90. The van der Waals surface area contributed by atoms with Crippen LogP contribution in [0.3, 0.4) is 0 Å². The molecule has 0 radical (unpaired) electrons. The van der Waals surface area contributed by atoms with E-state index in [1.807, 2.05) is 6.92 Å². The van der Waals surface area contributed by atoms with E-state index in [4.69, 9.17) is 13.6 Å². The van der Waals surface area contributed by atoms with Crippen molar-refractivity contribution < 1.29 is 18.4 Å². The Balaban J connectivity index is 4.69. The molecule has 0 aromatic carbocycles. The monoisotopic (exact) mass is 292 g/mol. The fraction of sp³-hybridized carbons (Fsp3) is 0.917. The number of ether oxygens (including phenoxy) is 1. The van der Waals surface area contributed by atoms with Gasteiger partial charge in [-0.15, -0.1) is 0 Å². The van der Waals surface area contributed by atoms with Crippen LogP contribution in [-0.2, 0) is 18.4 Å². The zero-order valence-electron chi connectivity index (χ0n) is 13.0. The van der Waals surface area contributed by atoms with Gasteiger partial charge in [0.05, 0.1) is 20.3 Å². The molecule has 0 atom stereocenters. The Kier molecular flexibility index (Phi) is 6.26. The van der Waals surface area contributed by atoms with Gasteiger partial charge in [-0.3, -0.25) is 4.79 Å². The molecule has 18 heavy (non-hydrogen) atoms. The fourth-order valence-electron chi connectivity index (χ4n) is 1.16. The van der Waals surface area contributed by atoms with Crippen LogP contribution in [0.2, 0.25) is 39.3 Å². The molecule has 6 heteroatoms. The molecule has 0 unspecified atom stereocenters. The van der Waals surface area contributed by atoms with Gasteiger partial charge >= 0.3 is 5.97 Å². The molecule has 0 aliphatic heterocycles. The SMILES string of the molecule is COC(=O)C(C)(CO[Si](C)(C)C)CO[Si](C)(C)C. The molecule has 0 amide bonds. The minimum atomic E-state index is -1.65. The van der Waals surface area contributed by atoms with E-state index < -0.39 is 22.0 Å². The van der Waals surface area contributed by atoms with Crippen LogP contribution in [0.4, 0.5) is 0 Å². The maximum Gasteiger partial charge on any atom is 0.316 e. The van der Waals surface area contributed by atoms with Crippen LogP contribution >= 0.6 is 0 Å². The molecule has 0 N–H and O–H groups in total. The summed E-state index contributed by atoms with van der Waals surface area (Å²) in [4.78, 5) is 11.9. The van der Waals surface area contributed by atoms with Gasteiger partial charge in [0.15, 0.2) is 16.6 Å². The molecule has 0 aromatic rings. The number of methoxy groups -OCH3 is 1. The first-order valence-electron chi connectivity index (χ1n) is 6.26. The zero-order valence-corrected chi connectivity index (χ0v) is 15.0. The number of carbonyl (C=O) groups is 1. The van der Waals surface area contributed by atoms with Gasteiger partial charge in [-0.05, 0) is 46.2 Å². The summed E-state index contributed by atoms with van der Waals surface area (Å²) >= 11 is 0.